The molecule has 1 saturated heterocycles. The number of imidazole rings is 1. The number of hydrogen-bond acceptors (Lipinski definition) is 3. The van der Waals surface area contributed by atoms with E-state index in [4.69, 9.17) is 28.2 Å². The minimum atomic E-state index is 0.222. The van der Waals surface area contributed by atoms with Crippen LogP contribution in [0.1, 0.15) is 18.4 Å². The number of piperidine rings is 1. The number of hydrogen-bond donors (Lipinski definition) is 1. The molecule has 1 aromatic heterocycles. The van der Waals surface area contributed by atoms with Crippen LogP contribution >= 0.6 is 23.2 Å². The largest absolute Gasteiger partial charge is 0.396 e. The standard InChI is InChI=1S/C20H21Cl2N3O/c21-16-8-7-15(17(22)10-16)12-25-19-6-2-1-5-18(19)23-20(25)24-9-3-4-14(11-24)13-26/h1-2,5-8,10,14,26H,3-4,9,11-13H2. The lowest BCUT2D eigenvalue weighted by atomic mass is 9.99. The zero-order valence-electron chi connectivity index (χ0n) is 14.4. The molecule has 1 N–H and O–H groups in total. The van der Waals surface area contributed by atoms with Crippen molar-refractivity contribution in [1.29, 1.82) is 0 Å². The molecule has 4 rings (SSSR count). The van der Waals surface area contributed by atoms with Gasteiger partial charge in [0.25, 0.3) is 0 Å². The summed E-state index contributed by atoms with van der Waals surface area (Å²) in [4.78, 5) is 7.17. The van der Waals surface area contributed by atoms with Gasteiger partial charge in [0, 0.05) is 29.7 Å². The fourth-order valence-corrected chi connectivity index (χ4v) is 4.14. The van der Waals surface area contributed by atoms with Crippen molar-refractivity contribution >= 4 is 40.2 Å². The highest BCUT2D eigenvalue weighted by Crippen LogP contribution is 2.29. The van der Waals surface area contributed by atoms with Gasteiger partial charge in [0.1, 0.15) is 0 Å². The molecular formula is C20H21Cl2N3O. The molecule has 1 unspecified atom stereocenters. The number of benzene rings is 2. The average molecular weight is 390 g/mol. The van der Waals surface area contributed by atoms with Crippen LogP contribution < -0.4 is 4.90 Å². The van der Waals surface area contributed by atoms with Gasteiger partial charge in [-0.15, -0.1) is 0 Å². The zero-order valence-corrected chi connectivity index (χ0v) is 15.9. The Balaban J connectivity index is 1.76. The molecule has 6 heteroatoms. The van der Waals surface area contributed by atoms with Crippen LogP contribution in [0.15, 0.2) is 42.5 Å². The van der Waals surface area contributed by atoms with Crippen molar-refractivity contribution in [2.75, 3.05) is 24.6 Å². The minimum Gasteiger partial charge on any atom is -0.396 e. The Hall–Kier alpha value is -1.75. The van der Waals surface area contributed by atoms with Crippen LogP contribution in [-0.2, 0) is 6.54 Å². The third kappa shape index (κ3) is 3.41. The summed E-state index contributed by atoms with van der Waals surface area (Å²) in [7, 11) is 0. The predicted molar refractivity (Wildman–Crippen MR) is 107 cm³/mol. The highest BCUT2D eigenvalue weighted by atomic mass is 35.5. The first-order chi connectivity index (χ1) is 12.7. The fraction of sp³-hybridized carbons (Fsp3) is 0.350. The second kappa shape index (κ2) is 7.47. The molecule has 136 valence electrons. The molecule has 2 heterocycles. The zero-order chi connectivity index (χ0) is 18.1. The molecule has 26 heavy (non-hydrogen) atoms. The fourth-order valence-electron chi connectivity index (χ4n) is 3.68. The Bertz CT molecular complexity index is 925. The van der Waals surface area contributed by atoms with E-state index in [1.54, 1.807) is 6.07 Å². The summed E-state index contributed by atoms with van der Waals surface area (Å²) in [6.07, 6.45) is 2.13. The minimum absolute atomic E-state index is 0.222. The number of para-hydroxylation sites is 2. The molecule has 2 aromatic carbocycles. The van der Waals surface area contributed by atoms with Gasteiger partial charge in [-0.25, -0.2) is 4.98 Å². The normalized spacial score (nSPS) is 17.8. The lowest BCUT2D eigenvalue weighted by Gasteiger charge is -2.33. The maximum atomic E-state index is 9.58. The van der Waals surface area contributed by atoms with Gasteiger partial charge in [-0.05, 0) is 48.6 Å². The number of aliphatic hydroxyl groups is 1. The summed E-state index contributed by atoms with van der Waals surface area (Å²) < 4.78 is 2.21. The van der Waals surface area contributed by atoms with Crippen LogP contribution in [0.5, 0.6) is 0 Å². The van der Waals surface area contributed by atoms with Crippen LogP contribution in [0.25, 0.3) is 11.0 Å². The summed E-state index contributed by atoms with van der Waals surface area (Å²) in [5.74, 6) is 1.24. The topological polar surface area (TPSA) is 41.3 Å². The number of nitrogens with zero attached hydrogens (tertiary/aromatic N) is 3. The highest BCUT2D eigenvalue weighted by molar-refractivity contribution is 6.35. The second-order valence-electron chi connectivity index (χ2n) is 6.86. The number of aromatic nitrogens is 2. The van der Waals surface area contributed by atoms with Crippen molar-refractivity contribution in [3.63, 3.8) is 0 Å². The second-order valence-corrected chi connectivity index (χ2v) is 7.70. The van der Waals surface area contributed by atoms with Crippen LogP contribution in [0.3, 0.4) is 0 Å². The molecule has 0 spiro atoms. The first-order valence-corrected chi connectivity index (χ1v) is 9.66. The number of halogens is 2. The third-order valence-electron chi connectivity index (χ3n) is 5.04. The molecule has 1 aliphatic rings. The molecule has 0 amide bonds. The number of rotatable bonds is 4. The van der Waals surface area contributed by atoms with Crippen molar-refractivity contribution in [3.8, 4) is 0 Å². The molecule has 1 aliphatic heterocycles. The number of aliphatic hydroxyl groups excluding tert-OH is 1. The van der Waals surface area contributed by atoms with E-state index in [1.165, 1.54) is 0 Å². The van der Waals surface area contributed by atoms with E-state index in [0.29, 0.717) is 22.5 Å². The lowest BCUT2D eigenvalue weighted by molar-refractivity contribution is 0.208. The average Bonchev–Trinajstić information content (AvgIpc) is 3.03. The lowest BCUT2D eigenvalue weighted by Crippen LogP contribution is -2.38. The van der Waals surface area contributed by atoms with E-state index in [0.717, 1.165) is 48.5 Å². The molecule has 1 atom stereocenters. The molecule has 0 aliphatic carbocycles. The van der Waals surface area contributed by atoms with Crippen molar-refractivity contribution in [3.05, 3.63) is 58.1 Å². The molecule has 0 saturated carbocycles. The summed E-state index contributed by atoms with van der Waals surface area (Å²) in [5.41, 5.74) is 3.06. The monoisotopic (exact) mass is 389 g/mol. The molecular weight excluding hydrogens is 369 g/mol. The first-order valence-electron chi connectivity index (χ1n) is 8.90. The van der Waals surface area contributed by atoms with E-state index >= 15 is 0 Å². The third-order valence-corrected chi connectivity index (χ3v) is 5.62. The molecule has 4 nitrogen and oxygen atoms in total. The predicted octanol–water partition coefficient (Wildman–Crippen LogP) is 4.60. The molecule has 0 radical (unpaired) electrons. The maximum absolute atomic E-state index is 9.58. The number of anilines is 1. The van der Waals surface area contributed by atoms with Crippen LogP contribution in [0.4, 0.5) is 5.95 Å². The molecule has 0 bridgehead atoms. The summed E-state index contributed by atoms with van der Waals surface area (Å²) in [5, 5.41) is 10.9. The van der Waals surface area contributed by atoms with Crippen molar-refractivity contribution in [1.82, 2.24) is 9.55 Å². The first kappa shape index (κ1) is 17.7. The summed E-state index contributed by atoms with van der Waals surface area (Å²) >= 11 is 12.5. The smallest absolute Gasteiger partial charge is 0.206 e. The Kier molecular flexibility index (Phi) is 5.07. The Morgan fingerprint density at radius 2 is 2.00 bits per heavy atom. The van der Waals surface area contributed by atoms with E-state index in [1.807, 2.05) is 30.3 Å². The van der Waals surface area contributed by atoms with E-state index < -0.39 is 0 Å². The van der Waals surface area contributed by atoms with Gasteiger partial charge in [-0.2, -0.15) is 0 Å². The van der Waals surface area contributed by atoms with E-state index in [9.17, 15) is 5.11 Å². The van der Waals surface area contributed by atoms with Gasteiger partial charge in [0.2, 0.25) is 5.95 Å². The van der Waals surface area contributed by atoms with Crippen LogP contribution in [0.2, 0.25) is 10.0 Å². The molecule has 3 aromatic rings. The van der Waals surface area contributed by atoms with E-state index in [2.05, 4.69) is 15.5 Å². The summed E-state index contributed by atoms with van der Waals surface area (Å²) in [6, 6.07) is 13.8. The van der Waals surface area contributed by atoms with Crippen LogP contribution in [0, 0.1) is 5.92 Å². The van der Waals surface area contributed by atoms with Gasteiger partial charge in [-0.1, -0.05) is 41.4 Å². The highest BCUT2D eigenvalue weighted by Gasteiger charge is 2.24. The van der Waals surface area contributed by atoms with Gasteiger partial charge < -0.3 is 14.6 Å². The summed E-state index contributed by atoms with van der Waals surface area (Å²) in [6.45, 7) is 2.63. The Morgan fingerprint density at radius 3 is 2.81 bits per heavy atom. The van der Waals surface area contributed by atoms with Gasteiger partial charge in [-0.3, -0.25) is 0 Å². The van der Waals surface area contributed by atoms with Crippen molar-refractivity contribution < 1.29 is 5.11 Å². The molecule has 1 fully saturated rings. The van der Waals surface area contributed by atoms with Crippen molar-refractivity contribution in [2.45, 2.75) is 19.4 Å². The van der Waals surface area contributed by atoms with Crippen molar-refractivity contribution in [2.24, 2.45) is 5.92 Å². The SMILES string of the molecule is OCC1CCCN(c2nc3ccccc3n2Cc2ccc(Cl)cc2Cl)C1. The van der Waals surface area contributed by atoms with E-state index in [-0.39, 0.29) is 6.61 Å². The maximum Gasteiger partial charge on any atom is 0.206 e. The Labute approximate surface area is 163 Å². The van der Waals surface area contributed by atoms with Gasteiger partial charge in [0.15, 0.2) is 0 Å². The van der Waals surface area contributed by atoms with Gasteiger partial charge in [0.05, 0.1) is 17.6 Å². The van der Waals surface area contributed by atoms with Gasteiger partial charge >= 0.3 is 0 Å². The van der Waals surface area contributed by atoms with Crippen LogP contribution in [-0.4, -0.2) is 34.4 Å². The number of fused-ring (bicyclic) bond motifs is 1. The quantitative estimate of drug-likeness (QED) is 0.708. The Morgan fingerprint density at radius 1 is 1.15 bits per heavy atom.